The van der Waals surface area contributed by atoms with Crippen LogP contribution >= 0.6 is 7.82 Å². The summed E-state index contributed by atoms with van der Waals surface area (Å²) in [6.07, 6.45) is -50.8. The maximum Gasteiger partial charge on any atom is 0.472 e. The molecule has 0 aromatic heterocycles. The standard InChI is InChI=1S/C24H13F38O6P/c25-7(26,11(31,32)15(39,40)19(47,48)17(43,44)13(35,36)9(29,21(51,52)53)22(54,55)56)1-5(63)3-67-69(65,66)68-4-6(64)2-8(27,28)12(33,34)16(41,42)20(49,50)18(45,46)14(37,38)10(30,23(57,58)59)24(60,61)62/h5-6,63-64H,1-4H2,(H,65,66). The molecule has 416 valence electrons. The number of aliphatic hydroxyl groups excluding tert-OH is 2. The molecule has 3 N–H and O–H groups in total. The molecule has 0 aromatic carbocycles. The van der Waals surface area contributed by atoms with E-state index in [4.69, 9.17) is 0 Å². The highest BCUT2D eigenvalue weighted by Gasteiger charge is 3.00. The first kappa shape index (κ1) is 66.4. The van der Waals surface area contributed by atoms with Crippen LogP contribution in [0, 0.1) is 0 Å². The van der Waals surface area contributed by atoms with Gasteiger partial charge in [0.25, 0.3) is 0 Å². The Morgan fingerprint density at radius 2 is 0.464 bits per heavy atom. The smallest absolute Gasteiger partial charge is 0.390 e. The van der Waals surface area contributed by atoms with Gasteiger partial charge in [-0.3, -0.25) is 9.05 Å². The molecule has 0 spiro atoms. The van der Waals surface area contributed by atoms with Gasteiger partial charge in [0, 0.05) is 12.8 Å². The average Bonchev–Trinajstić information content (AvgIpc) is 3.09. The van der Waals surface area contributed by atoms with Crippen molar-refractivity contribution >= 4 is 7.82 Å². The highest BCUT2D eigenvalue weighted by atomic mass is 31.2. The minimum atomic E-state index is -9.50. The van der Waals surface area contributed by atoms with Crippen molar-refractivity contribution in [3.05, 3.63) is 0 Å². The van der Waals surface area contributed by atoms with Crippen LogP contribution in [-0.4, -0.2) is 148 Å². The topological polar surface area (TPSA) is 96.2 Å². The fraction of sp³-hybridized carbons (Fsp3) is 1.00. The second-order valence-corrected chi connectivity index (χ2v) is 14.7. The SMILES string of the molecule is O=P(O)(OCC(O)CC(F)(F)C(F)(F)C(F)(F)C(F)(F)C(F)(F)C(F)(F)C(F)(C(F)(F)F)C(F)(F)F)OCC(O)CC(F)(F)C(F)(F)C(F)(F)C(F)(F)C(F)(F)C(F)(F)C(F)(C(F)(F)F)C(F)(F)F. The van der Waals surface area contributed by atoms with Gasteiger partial charge >= 0.3 is 115 Å². The Morgan fingerprint density at radius 3 is 0.638 bits per heavy atom. The van der Waals surface area contributed by atoms with E-state index in [0.29, 0.717) is 0 Å². The maximum absolute atomic E-state index is 14.1. The molecular weight excluding hydrogens is 1140 g/mol. The summed E-state index contributed by atoms with van der Waals surface area (Å²) in [4.78, 5) is 9.18. The van der Waals surface area contributed by atoms with E-state index in [1.54, 1.807) is 0 Å². The maximum atomic E-state index is 14.1. The first-order chi connectivity index (χ1) is 29.2. The van der Waals surface area contributed by atoms with E-state index in [0.717, 1.165) is 0 Å². The van der Waals surface area contributed by atoms with Crippen molar-refractivity contribution in [2.45, 2.75) is 132 Å². The predicted octanol–water partition coefficient (Wildman–Crippen LogP) is 11.9. The minimum Gasteiger partial charge on any atom is -0.390 e. The lowest BCUT2D eigenvalue weighted by Crippen LogP contribution is -2.77. The van der Waals surface area contributed by atoms with Crippen molar-refractivity contribution in [3.63, 3.8) is 0 Å². The zero-order valence-corrected chi connectivity index (χ0v) is 31.3. The van der Waals surface area contributed by atoms with Gasteiger partial charge in [0.1, 0.15) is 0 Å². The van der Waals surface area contributed by atoms with Crippen molar-refractivity contribution in [1.82, 2.24) is 0 Å². The van der Waals surface area contributed by atoms with Gasteiger partial charge in [0.2, 0.25) is 0 Å². The molecule has 69 heavy (non-hydrogen) atoms. The molecule has 0 rings (SSSR count). The van der Waals surface area contributed by atoms with Crippen LogP contribution in [0.1, 0.15) is 12.8 Å². The van der Waals surface area contributed by atoms with E-state index in [9.17, 15) is 187 Å². The number of hydrogen-bond acceptors (Lipinski definition) is 5. The number of aliphatic hydroxyl groups is 2. The summed E-state index contributed by atoms with van der Waals surface area (Å²) in [5.74, 6) is -108. The summed E-state index contributed by atoms with van der Waals surface area (Å²) in [5, 5.41) is 18.5. The van der Waals surface area contributed by atoms with Crippen molar-refractivity contribution < 1.29 is 196 Å². The van der Waals surface area contributed by atoms with Gasteiger partial charge in [-0.05, 0) is 0 Å². The molecule has 45 heteroatoms. The number of alkyl halides is 38. The van der Waals surface area contributed by atoms with Crippen LogP contribution in [0.5, 0.6) is 0 Å². The zero-order valence-electron chi connectivity index (χ0n) is 30.4. The number of rotatable bonds is 22. The van der Waals surface area contributed by atoms with Gasteiger partial charge in [-0.2, -0.15) is 158 Å². The molecule has 0 aromatic rings. The molecule has 0 aliphatic heterocycles. The number of halogens is 38. The Bertz CT molecular complexity index is 1670. The van der Waals surface area contributed by atoms with E-state index < -0.39 is 153 Å². The van der Waals surface area contributed by atoms with Crippen LogP contribution < -0.4 is 0 Å². The summed E-state index contributed by atoms with van der Waals surface area (Å²) < 4.78 is 530. The van der Waals surface area contributed by atoms with Gasteiger partial charge in [-0.1, -0.05) is 0 Å². The largest absolute Gasteiger partial charge is 0.472 e. The zero-order chi connectivity index (χ0) is 56.9. The second-order valence-electron chi connectivity index (χ2n) is 13.2. The summed E-state index contributed by atoms with van der Waals surface area (Å²) in [6.45, 7) is -5.85. The summed E-state index contributed by atoms with van der Waals surface area (Å²) in [7, 11) is -6.82. The van der Waals surface area contributed by atoms with Gasteiger partial charge in [-0.25, -0.2) is 13.3 Å². The first-order valence-corrected chi connectivity index (χ1v) is 16.9. The lowest BCUT2D eigenvalue weighted by Gasteiger charge is -2.45. The van der Waals surface area contributed by atoms with Gasteiger partial charge in [-0.15, -0.1) is 0 Å². The summed E-state index contributed by atoms with van der Waals surface area (Å²) in [6, 6.07) is 0. The molecule has 6 nitrogen and oxygen atoms in total. The molecule has 0 aliphatic rings. The third-order valence-electron chi connectivity index (χ3n) is 8.35. The van der Waals surface area contributed by atoms with Crippen LogP contribution in [0.15, 0.2) is 0 Å². The lowest BCUT2D eigenvalue weighted by molar-refractivity contribution is -0.472. The molecular formula is C24H13F38O6P. The van der Waals surface area contributed by atoms with Gasteiger partial charge < -0.3 is 15.1 Å². The molecule has 0 bridgehead atoms. The molecule has 0 saturated carbocycles. The molecule has 0 saturated heterocycles. The average molecular weight is 1150 g/mol. The van der Waals surface area contributed by atoms with E-state index in [1.165, 1.54) is 0 Å². The van der Waals surface area contributed by atoms with Crippen molar-refractivity contribution in [2.75, 3.05) is 13.2 Å². The minimum absolute atomic E-state index is 2.93. The summed E-state index contributed by atoms with van der Waals surface area (Å²) in [5.41, 5.74) is -18.2. The van der Waals surface area contributed by atoms with Crippen LogP contribution in [0.2, 0.25) is 0 Å². The highest BCUT2D eigenvalue weighted by molar-refractivity contribution is 7.47. The van der Waals surface area contributed by atoms with Gasteiger partial charge in [0.15, 0.2) is 0 Å². The van der Waals surface area contributed by atoms with E-state index in [1.807, 2.05) is 0 Å². The van der Waals surface area contributed by atoms with Crippen LogP contribution in [0.4, 0.5) is 167 Å². The molecule has 2 atom stereocenters. The number of phosphoric ester groups is 1. The molecule has 0 heterocycles. The van der Waals surface area contributed by atoms with Crippen LogP contribution in [-0.2, 0) is 13.6 Å². The Morgan fingerprint density at radius 1 is 0.304 bits per heavy atom. The fourth-order valence-corrected chi connectivity index (χ4v) is 5.27. The van der Waals surface area contributed by atoms with E-state index in [2.05, 4.69) is 9.05 Å². The predicted molar refractivity (Wildman–Crippen MR) is 134 cm³/mol. The monoisotopic (exact) mass is 1150 g/mol. The fourth-order valence-electron chi connectivity index (χ4n) is 4.47. The Balaban J connectivity index is 6.46. The molecule has 0 amide bonds. The molecule has 2 unspecified atom stereocenters. The molecule has 0 fully saturated rings. The Kier molecular flexibility index (Phi) is 17.1. The summed E-state index contributed by atoms with van der Waals surface area (Å²) >= 11 is 0. The van der Waals surface area contributed by atoms with Crippen molar-refractivity contribution in [3.8, 4) is 0 Å². The molecule has 0 radical (unpaired) electrons. The van der Waals surface area contributed by atoms with Crippen molar-refractivity contribution in [1.29, 1.82) is 0 Å². The van der Waals surface area contributed by atoms with E-state index >= 15 is 0 Å². The van der Waals surface area contributed by atoms with E-state index in [-0.39, 0.29) is 0 Å². The highest BCUT2D eigenvalue weighted by Crippen LogP contribution is 2.69. The Hall–Kier alpha value is -2.63. The van der Waals surface area contributed by atoms with Crippen molar-refractivity contribution in [2.24, 2.45) is 0 Å². The molecule has 0 aliphatic carbocycles. The lowest BCUT2D eigenvalue weighted by atomic mass is 9.83. The normalized spacial score (nSPS) is 18.3. The Labute approximate surface area is 350 Å². The quantitative estimate of drug-likeness (QED) is 0.0738. The third-order valence-corrected chi connectivity index (χ3v) is 9.30. The van der Waals surface area contributed by atoms with Crippen LogP contribution in [0.25, 0.3) is 0 Å². The third kappa shape index (κ3) is 9.84. The van der Waals surface area contributed by atoms with Crippen LogP contribution in [0.3, 0.4) is 0 Å². The number of phosphoric acid groups is 1. The number of hydrogen-bond donors (Lipinski definition) is 3. The van der Waals surface area contributed by atoms with Gasteiger partial charge in [0.05, 0.1) is 25.4 Å². The first-order valence-electron chi connectivity index (χ1n) is 15.4. The second kappa shape index (κ2) is 17.8.